The molecular weight excluding hydrogens is 332 g/mol. The van der Waals surface area contributed by atoms with Crippen molar-refractivity contribution in [1.82, 2.24) is 0 Å². The topological polar surface area (TPSA) is 80.7 Å². The van der Waals surface area contributed by atoms with E-state index in [4.69, 9.17) is 4.74 Å². The number of fused-ring (bicyclic) bond motifs is 2. The van der Waals surface area contributed by atoms with E-state index < -0.39 is 17.5 Å². The van der Waals surface area contributed by atoms with Crippen LogP contribution in [0.15, 0.2) is 66.7 Å². The first-order valence-corrected chi connectivity index (χ1v) is 7.89. The molecule has 0 radical (unpaired) electrons. The number of phenolic OH excluding ortho intramolecular Hbond substituents is 1. The van der Waals surface area contributed by atoms with Crippen LogP contribution in [-0.2, 0) is 0 Å². The summed E-state index contributed by atoms with van der Waals surface area (Å²) < 4.78 is 5.36. The predicted octanol–water partition coefficient (Wildman–Crippen LogP) is 3.39. The van der Waals surface area contributed by atoms with Gasteiger partial charge in [-0.25, -0.2) is 4.79 Å². The number of ketones is 2. The molecule has 3 aromatic carbocycles. The quantitative estimate of drug-likeness (QED) is 0.445. The number of phenols is 1. The molecule has 26 heavy (non-hydrogen) atoms. The van der Waals surface area contributed by atoms with Gasteiger partial charge in [-0.05, 0) is 24.3 Å². The van der Waals surface area contributed by atoms with Gasteiger partial charge in [0.25, 0.3) is 0 Å². The summed E-state index contributed by atoms with van der Waals surface area (Å²) in [6.07, 6.45) is 0. The molecule has 1 aliphatic rings. The summed E-state index contributed by atoms with van der Waals surface area (Å²) in [5, 5.41) is 10.1. The van der Waals surface area contributed by atoms with Crippen LogP contribution in [0, 0.1) is 0 Å². The standard InChI is InChI=1S/C21H12O5/c22-15-10-11-16(26-21(25)12-6-2-1-3-7-12)18-17(15)19(23)13-8-4-5-9-14(13)20(18)24/h1-11,22H. The van der Waals surface area contributed by atoms with Crippen molar-refractivity contribution in [2.75, 3.05) is 0 Å². The molecule has 1 N–H and O–H groups in total. The maximum atomic E-state index is 12.9. The summed E-state index contributed by atoms with van der Waals surface area (Å²) in [4.78, 5) is 38.0. The zero-order chi connectivity index (χ0) is 18.3. The molecule has 5 nitrogen and oxygen atoms in total. The largest absolute Gasteiger partial charge is 0.507 e. The minimum Gasteiger partial charge on any atom is -0.507 e. The maximum Gasteiger partial charge on any atom is 0.343 e. The zero-order valence-electron chi connectivity index (χ0n) is 13.4. The fraction of sp³-hybridized carbons (Fsp3) is 0. The predicted molar refractivity (Wildman–Crippen MR) is 92.8 cm³/mol. The Hall–Kier alpha value is -3.73. The molecule has 0 amide bonds. The molecular formula is C21H12O5. The van der Waals surface area contributed by atoms with E-state index in [1.807, 2.05) is 0 Å². The molecule has 4 rings (SSSR count). The second-order valence-corrected chi connectivity index (χ2v) is 5.79. The molecule has 3 aromatic rings. The van der Waals surface area contributed by atoms with Crippen LogP contribution in [0.1, 0.15) is 42.2 Å². The smallest absolute Gasteiger partial charge is 0.343 e. The number of carbonyl (C=O) groups is 3. The second kappa shape index (κ2) is 5.97. The first kappa shape index (κ1) is 15.8. The van der Waals surface area contributed by atoms with E-state index in [1.54, 1.807) is 42.5 Å². The first-order chi connectivity index (χ1) is 12.6. The molecule has 0 aromatic heterocycles. The van der Waals surface area contributed by atoms with Crippen molar-refractivity contribution in [1.29, 1.82) is 0 Å². The number of hydrogen-bond donors (Lipinski definition) is 1. The van der Waals surface area contributed by atoms with Gasteiger partial charge in [-0.3, -0.25) is 9.59 Å². The maximum absolute atomic E-state index is 12.9. The Bertz CT molecular complexity index is 1070. The summed E-state index contributed by atoms with van der Waals surface area (Å²) in [5.74, 6) is -1.99. The number of aromatic hydroxyl groups is 1. The lowest BCUT2D eigenvalue weighted by molar-refractivity contribution is 0.0731. The van der Waals surface area contributed by atoms with Crippen molar-refractivity contribution in [3.63, 3.8) is 0 Å². The van der Waals surface area contributed by atoms with Crippen molar-refractivity contribution >= 4 is 17.5 Å². The molecule has 5 heteroatoms. The lowest BCUT2D eigenvalue weighted by Gasteiger charge is -2.20. The molecule has 0 atom stereocenters. The monoisotopic (exact) mass is 344 g/mol. The fourth-order valence-corrected chi connectivity index (χ4v) is 2.99. The molecule has 0 heterocycles. The van der Waals surface area contributed by atoms with Gasteiger partial charge in [-0.1, -0.05) is 42.5 Å². The highest BCUT2D eigenvalue weighted by Crippen LogP contribution is 2.38. The van der Waals surface area contributed by atoms with Crippen LogP contribution in [-0.4, -0.2) is 22.6 Å². The summed E-state index contributed by atoms with van der Waals surface area (Å²) in [7, 11) is 0. The Labute approximate surface area is 148 Å². The molecule has 0 saturated heterocycles. The Balaban J connectivity index is 1.84. The van der Waals surface area contributed by atoms with Crippen molar-refractivity contribution in [2.45, 2.75) is 0 Å². The van der Waals surface area contributed by atoms with Gasteiger partial charge < -0.3 is 9.84 Å². The van der Waals surface area contributed by atoms with Crippen molar-refractivity contribution < 1.29 is 24.2 Å². The average Bonchev–Trinajstić information content (AvgIpc) is 2.68. The Morgan fingerprint density at radius 1 is 0.731 bits per heavy atom. The van der Waals surface area contributed by atoms with Gasteiger partial charge >= 0.3 is 5.97 Å². The second-order valence-electron chi connectivity index (χ2n) is 5.79. The third-order valence-corrected chi connectivity index (χ3v) is 4.23. The van der Waals surface area contributed by atoms with Gasteiger partial charge in [0, 0.05) is 11.1 Å². The Morgan fingerprint density at radius 3 is 1.96 bits per heavy atom. The van der Waals surface area contributed by atoms with Crippen LogP contribution < -0.4 is 4.74 Å². The van der Waals surface area contributed by atoms with E-state index >= 15 is 0 Å². The summed E-state index contributed by atoms with van der Waals surface area (Å²) in [6, 6.07) is 17.2. The Morgan fingerprint density at radius 2 is 1.31 bits per heavy atom. The number of ether oxygens (including phenoxy) is 1. The van der Waals surface area contributed by atoms with Crippen LogP contribution in [0.4, 0.5) is 0 Å². The van der Waals surface area contributed by atoms with Gasteiger partial charge in [0.1, 0.15) is 11.5 Å². The van der Waals surface area contributed by atoms with Gasteiger partial charge in [-0.15, -0.1) is 0 Å². The SMILES string of the molecule is O=C(Oc1ccc(O)c2c1C(=O)c1ccccc1C2=O)c1ccccc1. The fourth-order valence-electron chi connectivity index (χ4n) is 2.99. The van der Waals surface area contributed by atoms with Gasteiger partial charge in [-0.2, -0.15) is 0 Å². The van der Waals surface area contributed by atoms with E-state index in [9.17, 15) is 19.5 Å². The minimum atomic E-state index is -0.655. The number of benzene rings is 3. The van der Waals surface area contributed by atoms with Crippen molar-refractivity contribution in [3.05, 3.63) is 94.5 Å². The van der Waals surface area contributed by atoms with E-state index in [-0.39, 0.29) is 33.8 Å². The highest BCUT2D eigenvalue weighted by Gasteiger charge is 2.35. The van der Waals surface area contributed by atoms with Gasteiger partial charge in [0.15, 0.2) is 11.6 Å². The normalized spacial score (nSPS) is 12.3. The molecule has 0 aliphatic heterocycles. The number of carbonyl (C=O) groups excluding carboxylic acids is 3. The third-order valence-electron chi connectivity index (χ3n) is 4.23. The molecule has 0 unspecified atom stereocenters. The van der Waals surface area contributed by atoms with Crippen LogP contribution in [0.2, 0.25) is 0 Å². The van der Waals surface area contributed by atoms with E-state index in [1.165, 1.54) is 24.3 Å². The van der Waals surface area contributed by atoms with Crippen molar-refractivity contribution in [3.8, 4) is 11.5 Å². The molecule has 126 valence electrons. The summed E-state index contributed by atoms with van der Waals surface area (Å²) in [6.45, 7) is 0. The van der Waals surface area contributed by atoms with E-state index in [2.05, 4.69) is 0 Å². The van der Waals surface area contributed by atoms with Gasteiger partial charge in [0.2, 0.25) is 0 Å². The van der Waals surface area contributed by atoms with Crippen LogP contribution >= 0.6 is 0 Å². The molecule has 0 bridgehead atoms. The first-order valence-electron chi connectivity index (χ1n) is 7.89. The van der Waals surface area contributed by atoms with Crippen LogP contribution in [0.3, 0.4) is 0 Å². The zero-order valence-corrected chi connectivity index (χ0v) is 13.4. The highest BCUT2D eigenvalue weighted by atomic mass is 16.5. The highest BCUT2D eigenvalue weighted by molar-refractivity contribution is 6.30. The molecule has 1 aliphatic carbocycles. The lowest BCUT2D eigenvalue weighted by atomic mass is 9.83. The number of hydrogen-bond acceptors (Lipinski definition) is 5. The number of rotatable bonds is 2. The third kappa shape index (κ3) is 2.38. The minimum absolute atomic E-state index is 0.0560. The van der Waals surface area contributed by atoms with E-state index in [0.29, 0.717) is 5.56 Å². The molecule has 0 spiro atoms. The lowest BCUT2D eigenvalue weighted by Crippen LogP contribution is -2.23. The Kier molecular flexibility index (Phi) is 3.62. The van der Waals surface area contributed by atoms with Crippen molar-refractivity contribution in [2.24, 2.45) is 0 Å². The summed E-state index contributed by atoms with van der Waals surface area (Å²) in [5.41, 5.74) is 0.494. The van der Waals surface area contributed by atoms with Crippen LogP contribution in [0.25, 0.3) is 0 Å². The van der Waals surface area contributed by atoms with E-state index in [0.717, 1.165) is 0 Å². The molecule has 0 fully saturated rings. The van der Waals surface area contributed by atoms with Crippen LogP contribution in [0.5, 0.6) is 11.5 Å². The van der Waals surface area contributed by atoms with Gasteiger partial charge in [0.05, 0.1) is 16.7 Å². The average molecular weight is 344 g/mol. The summed E-state index contributed by atoms with van der Waals surface area (Å²) >= 11 is 0. The number of esters is 1. The molecule has 0 saturated carbocycles.